The fourth-order valence-corrected chi connectivity index (χ4v) is 3.69. The molecule has 8 nitrogen and oxygen atoms in total. The molecule has 0 saturated carbocycles. The van der Waals surface area contributed by atoms with Gasteiger partial charge in [-0.1, -0.05) is 0 Å². The number of hydrogen-bond acceptors (Lipinski definition) is 6. The summed E-state index contributed by atoms with van der Waals surface area (Å²) in [7, 11) is 0. The average molecular weight is 358 g/mol. The molecule has 1 amide bonds. The van der Waals surface area contributed by atoms with E-state index >= 15 is 0 Å². The second-order valence-electron chi connectivity index (χ2n) is 6.99. The molecular weight excluding hydrogens is 332 g/mol. The van der Waals surface area contributed by atoms with E-state index in [9.17, 15) is 4.79 Å². The van der Waals surface area contributed by atoms with Crippen LogP contribution >= 0.6 is 0 Å². The van der Waals surface area contributed by atoms with Crippen LogP contribution in [0.25, 0.3) is 5.65 Å². The molecular formula is C18H26N6O2. The molecule has 8 heteroatoms. The second kappa shape index (κ2) is 7.59. The topological polar surface area (TPSA) is 66.2 Å². The van der Waals surface area contributed by atoms with E-state index in [-0.39, 0.29) is 11.9 Å². The zero-order valence-corrected chi connectivity index (χ0v) is 15.3. The van der Waals surface area contributed by atoms with Gasteiger partial charge >= 0.3 is 0 Å². The molecule has 0 radical (unpaired) electrons. The van der Waals surface area contributed by atoms with Crippen LogP contribution in [0.2, 0.25) is 0 Å². The number of carbonyl (C=O) groups is 1. The molecule has 26 heavy (non-hydrogen) atoms. The number of carbonyl (C=O) groups excluding carboxylic acids is 1. The van der Waals surface area contributed by atoms with Crippen molar-refractivity contribution in [1.82, 2.24) is 24.4 Å². The van der Waals surface area contributed by atoms with Crippen LogP contribution in [0, 0.1) is 0 Å². The van der Waals surface area contributed by atoms with Crippen LogP contribution in [0.15, 0.2) is 24.5 Å². The van der Waals surface area contributed by atoms with E-state index in [4.69, 9.17) is 4.74 Å². The molecule has 0 spiro atoms. The number of imidazole rings is 1. The Morgan fingerprint density at radius 1 is 1.15 bits per heavy atom. The van der Waals surface area contributed by atoms with Crippen molar-refractivity contribution in [2.75, 3.05) is 57.4 Å². The number of fused-ring (bicyclic) bond motifs is 1. The third-order valence-electron chi connectivity index (χ3n) is 5.34. The summed E-state index contributed by atoms with van der Waals surface area (Å²) in [6, 6.07) is 4.25. The molecule has 0 aliphatic carbocycles. The molecule has 2 fully saturated rings. The summed E-state index contributed by atoms with van der Waals surface area (Å²) in [5.41, 5.74) is 0.847. The Kier molecular flexibility index (Phi) is 5.03. The predicted molar refractivity (Wildman–Crippen MR) is 98.3 cm³/mol. The summed E-state index contributed by atoms with van der Waals surface area (Å²) >= 11 is 0. The lowest BCUT2D eigenvalue weighted by Gasteiger charge is -2.37. The molecule has 2 aromatic heterocycles. The highest BCUT2D eigenvalue weighted by Gasteiger charge is 2.25. The first-order valence-electron chi connectivity index (χ1n) is 9.35. The fraction of sp³-hybridized carbons (Fsp3) is 0.611. The minimum atomic E-state index is 0.252. The summed E-state index contributed by atoms with van der Waals surface area (Å²) in [4.78, 5) is 23.4. The third kappa shape index (κ3) is 3.66. The van der Waals surface area contributed by atoms with E-state index in [0.717, 1.165) is 63.9 Å². The molecule has 0 unspecified atom stereocenters. The van der Waals surface area contributed by atoms with Crippen molar-refractivity contribution in [3.05, 3.63) is 24.5 Å². The highest BCUT2D eigenvalue weighted by molar-refractivity contribution is 5.77. The van der Waals surface area contributed by atoms with Crippen LogP contribution in [-0.2, 0) is 9.53 Å². The zero-order valence-electron chi connectivity index (χ0n) is 15.3. The van der Waals surface area contributed by atoms with E-state index in [2.05, 4.69) is 26.8 Å². The van der Waals surface area contributed by atoms with E-state index in [0.29, 0.717) is 6.42 Å². The fourth-order valence-electron chi connectivity index (χ4n) is 3.69. The number of piperazine rings is 1. The summed E-state index contributed by atoms with van der Waals surface area (Å²) in [5.74, 6) is 1.19. The smallest absolute Gasteiger partial charge is 0.224 e. The summed E-state index contributed by atoms with van der Waals surface area (Å²) in [6.07, 6.45) is 4.18. The van der Waals surface area contributed by atoms with Crippen LogP contribution < -0.4 is 4.90 Å². The minimum absolute atomic E-state index is 0.252. The standard InChI is InChI=1S/C18H26N6O2/c1-15(21-10-12-26-13-11-21)14-18(25)23-8-6-22(7-9-23)17-3-2-16-19-4-5-24(16)20-17/h2-5,15H,6-14H2,1H3/t15-/m1/s1. The zero-order chi connectivity index (χ0) is 17.9. The maximum absolute atomic E-state index is 12.7. The third-order valence-corrected chi connectivity index (χ3v) is 5.34. The average Bonchev–Trinajstić information content (AvgIpc) is 3.16. The number of morpholine rings is 1. The van der Waals surface area contributed by atoms with Crippen LogP contribution in [-0.4, -0.2) is 88.8 Å². The van der Waals surface area contributed by atoms with Gasteiger partial charge in [-0.15, -0.1) is 5.10 Å². The normalized spacial score (nSPS) is 20.5. The molecule has 1 atom stereocenters. The van der Waals surface area contributed by atoms with Crippen molar-refractivity contribution >= 4 is 17.4 Å². The first kappa shape index (κ1) is 17.2. The van der Waals surface area contributed by atoms with Gasteiger partial charge in [0.15, 0.2) is 5.65 Å². The second-order valence-corrected chi connectivity index (χ2v) is 6.99. The monoisotopic (exact) mass is 358 g/mol. The van der Waals surface area contributed by atoms with E-state index in [1.807, 2.05) is 23.2 Å². The molecule has 0 bridgehead atoms. The number of anilines is 1. The van der Waals surface area contributed by atoms with Crippen LogP contribution in [0.4, 0.5) is 5.82 Å². The Bertz CT molecular complexity index is 749. The SMILES string of the molecule is C[C@H](CC(=O)N1CCN(c2ccc3nccn3n2)CC1)N1CCOCC1. The van der Waals surface area contributed by atoms with Gasteiger partial charge in [0.25, 0.3) is 0 Å². The molecule has 4 rings (SSSR count). The number of nitrogens with zero attached hydrogens (tertiary/aromatic N) is 6. The van der Waals surface area contributed by atoms with Gasteiger partial charge in [0.2, 0.25) is 5.91 Å². The van der Waals surface area contributed by atoms with E-state index < -0.39 is 0 Å². The van der Waals surface area contributed by atoms with Crippen molar-refractivity contribution in [3.8, 4) is 0 Å². The van der Waals surface area contributed by atoms with Gasteiger partial charge in [-0.2, -0.15) is 0 Å². The number of rotatable bonds is 4. The molecule has 2 aliphatic heterocycles. The Morgan fingerprint density at radius 3 is 2.69 bits per heavy atom. The number of ether oxygens (including phenoxy) is 1. The maximum atomic E-state index is 12.7. The first-order chi connectivity index (χ1) is 12.7. The lowest BCUT2D eigenvalue weighted by atomic mass is 10.1. The Hall–Kier alpha value is -2.19. The van der Waals surface area contributed by atoms with Crippen molar-refractivity contribution in [2.24, 2.45) is 0 Å². The Labute approximate surface area is 153 Å². The molecule has 140 valence electrons. The predicted octanol–water partition coefficient (Wildman–Crippen LogP) is 0.489. The van der Waals surface area contributed by atoms with Crippen molar-refractivity contribution in [1.29, 1.82) is 0 Å². The van der Waals surface area contributed by atoms with Crippen molar-refractivity contribution in [3.63, 3.8) is 0 Å². The quantitative estimate of drug-likeness (QED) is 0.793. The molecule has 4 heterocycles. The highest BCUT2D eigenvalue weighted by atomic mass is 16.5. The largest absolute Gasteiger partial charge is 0.379 e. The summed E-state index contributed by atoms with van der Waals surface area (Å²) < 4.78 is 7.18. The molecule has 2 aromatic rings. The van der Waals surface area contributed by atoms with Gasteiger partial charge in [-0.3, -0.25) is 9.69 Å². The maximum Gasteiger partial charge on any atom is 0.224 e. The van der Waals surface area contributed by atoms with Gasteiger partial charge in [0.05, 0.1) is 13.2 Å². The minimum Gasteiger partial charge on any atom is -0.379 e. The van der Waals surface area contributed by atoms with Gasteiger partial charge < -0.3 is 14.5 Å². The van der Waals surface area contributed by atoms with Gasteiger partial charge in [-0.25, -0.2) is 9.50 Å². The molecule has 2 aliphatic rings. The number of amides is 1. The lowest BCUT2D eigenvalue weighted by molar-refractivity contribution is -0.133. The lowest BCUT2D eigenvalue weighted by Crippen LogP contribution is -2.51. The summed E-state index contributed by atoms with van der Waals surface area (Å²) in [5, 5.41) is 4.60. The van der Waals surface area contributed by atoms with Crippen LogP contribution in [0.1, 0.15) is 13.3 Å². The van der Waals surface area contributed by atoms with Crippen LogP contribution in [0.5, 0.6) is 0 Å². The Morgan fingerprint density at radius 2 is 1.92 bits per heavy atom. The Balaban J connectivity index is 1.30. The van der Waals surface area contributed by atoms with Crippen LogP contribution in [0.3, 0.4) is 0 Å². The first-order valence-corrected chi connectivity index (χ1v) is 9.35. The van der Waals surface area contributed by atoms with Gasteiger partial charge in [-0.05, 0) is 19.1 Å². The van der Waals surface area contributed by atoms with E-state index in [1.165, 1.54) is 0 Å². The molecule has 2 saturated heterocycles. The molecule has 0 N–H and O–H groups in total. The summed E-state index contributed by atoms with van der Waals surface area (Å²) in [6.45, 7) is 8.64. The number of aromatic nitrogens is 3. The van der Waals surface area contributed by atoms with Gasteiger partial charge in [0, 0.05) is 64.1 Å². The molecule has 0 aromatic carbocycles. The van der Waals surface area contributed by atoms with Gasteiger partial charge in [0.1, 0.15) is 5.82 Å². The highest BCUT2D eigenvalue weighted by Crippen LogP contribution is 2.16. The van der Waals surface area contributed by atoms with E-state index in [1.54, 1.807) is 10.7 Å². The van der Waals surface area contributed by atoms with Crippen molar-refractivity contribution in [2.45, 2.75) is 19.4 Å². The number of hydrogen-bond donors (Lipinski definition) is 0. The van der Waals surface area contributed by atoms with Crippen molar-refractivity contribution < 1.29 is 9.53 Å².